The topological polar surface area (TPSA) is 67.0 Å². The highest BCUT2D eigenvalue weighted by Gasteiger charge is 2.05. The molecule has 3 aromatic rings. The monoisotopic (exact) mass is 369 g/mol. The molecule has 2 aromatic carbocycles. The van der Waals surface area contributed by atoms with Crippen LogP contribution in [-0.2, 0) is 11.2 Å². The van der Waals surface area contributed by atoms with Crippen molar-refractivity contribution in [3.63, 3.8) is 0 Å². The molecular formula is C20H23N3O2S. The van der Waals surface area contributed by atoms with E-state index in [-0.39, 0.29) is 5.91 Å². The van der Waals surface area contributed by atoms with Crippen molar-refractivity contribution in [1.82, 2.24) is 15.3 Å². The van der Waals surface area contributed by atoms with Gasteiger partial charge < -0.3 is 15.0 Å². The SMILES string of the molecule is CCOc1ccc(SCC(=O)NCCCc2nc3ccccc3[nH]2)cc1. The fourth-order valence-electron chi connectivity index (χ4n) is 2.61. The highest BCUT2D eigenvalue weighted by Crippen LogP contribution is 2.21. The van der Waals surface area contributed by atoms with Crippen LogP contribution in [0.4, 0.5) is 0 Å². The minimum absolute atomic E-state index is 0.0495. The summed E-state index contributed by atoms with van der Waals surface area (Å²) >= 11 is 1.53. The average Bonchev–Trinajstić information content (AvgIpc) is 3.08. The molecular weight excluding hydrogens is 346 g/mol. The maximum Gasteiger partial charge on any atom is 0.230 e. The van der Waals surface area contributed by atoms with Crippen LogP contribution in [0.5, 0.6) is 5.75 Å². The molecule has 0 radical (unpaired) electrons. The Hall–Kier alpha value is -2.47. The molecule has 6 heteroatoms. The van der Waals surface area contributed by atoms with Crippen LogP contribution in [0.3, 0.4) is 0 Å². The predicted octanol–water partition coefficient (Wildman–Crippen LogP) is 3.80. The van der Waals surface area contributed by atoms with Gasteiger partial charge in [-0.3, -0.25) is 4.79 Å². The van der Waals surface area contributed by atoms with Gasteiger partial charge in [0.15, 0.2) is 0 Å². The van der Waals surface area contributed by atoms with Crippen molar-refractivity contribution in [2.45, 2.75) is 24.7 Å². The number of nitrogens with one attached hydrogen (secondary N) is 2. The molecule has 5 nitrogen and oxygen atoms in total. The van der Waals surface area contributed by atoms with E-state index < -0.39 is 0 Å². The number of para-hydroxylation sites is 2. The van der Waals surface area contributed by atoms with E-state index in [0.29, 0.717) is 18.9 Å². The molecule has 26 heavy (non-hydrogen) atoms. The second-order valence-electron chi connectivity index (χ2n) is 5.85. The zero-order valence-electron chi connectivity index (χ0n) is 14.8. The van der Waals surface area contributed by atoms with Crippen molar-refractivity contribution in [2.24, 2.45) is 0 Å². The molecule has 1 heterocycles. The van der Waals surface area contributed by atoms with E-state index in [2.05, 4.69) is 15.3 Å². The fraction of sp³-hybridized carbons (Fsp3) is 0.300. The minimum Gasteiger partial charge on any atom is -0.494 e. The second-order valence-corrected chi connectivity index (χ2v) is 6.90. The Labute approximate surface area is 157 Å². The highest BCUT2D eigenvalue weighted by atomic mass is 32.2. The zero-order valence-corrected chi connectivity index (χ0v) is 15.6. The lowest BCUT2D eigenvalue weighted by molar-refractivity contribution is -0.118. The van der Waals surface area contributed by atoms with Crippen LogP contribution >= 0.6 is 11.8 Å². The van der Waals surface area contributed by atoms with Gasteiger partial charge in [0.25, 0.3) is 0 Å². The number of aromatic nitrogens is 2. The molecule has 0 aliphatic heterocycles. The Balaban J connectivity index is 1.34. The summed E-state index contributed by atoms with van der Waals surface area (Å²) in [5, 5.41) is 2.96. The molecule has 1 amide bonds. The van der Waals surface area contributed by atoms with E-state index in [1.54, 1.807) is 0 Å². The first-order valence-electron chi connectivity index (χ1n) is 8.80. The number of carbonyl (C=O) groups excluding carboxylic acids is 1. The number of nitrogens with zero attached hydrogens (tertiary/aromatic N) is 1. The molecule has 3 rings (SSSR count). The Bertz CT molecular complexity index is 813. The zero-order chi connectivity index (χ0) is 18.2. The van der Waals surface area contributed by atoms with Crippen LogP contribution in [0, 0.1) is 0 Å². The first-order chi connectivity index (χ1) is 12.7. The van der Waals surface area contributed by atoms with E-state index in [1.165, 1.54) is 11.8 Å². The number of aromatic amines is 1. The van der Waals surface area contributed by atoms with Gasteiger partial charge >= 0.3 is 0 Å². The number of rotatable bonds is 9. The predicted molar refractivity (Wildman–Crippen MR) is 106 cm³/mol. The van der Waals surface area contributed by atoms with Crippen molar-refractivity contribution in [2.75, 3.05) is 18.9 Å². The van der Waals surface area contributed by atoms with Crippen molar-refractivity contribution < 1.29 is 9.53 Å². The Kier molecular flexibility index (Phi) is 6.55. The van der Waals surface area contributed by atoms with Gasteiger partial charge in [0.1, 0.15) is 11.6 Å². The average molecular weight is 369 g/mol. The summed E-state index contributed by atoms with van der Waals surface area (Å²) in [6, 6.07) is 15.8. The Morgan fingerprint density at radius 2 is 2.00 bits per heavy atom. The summed E-state index contributed by atoms with van der Waals surface area (Å²) in [6.45, 7) is 3.27. The lowest BCUT2D eigenvalue weighted by Gasteiger charge is -2.06. The molecule has 0 fully saturated rings. The van der Waals surface area contributed by atoms with Crippen molar-refractivity contribution in [3.05, 3.63) is 54.4 Å². The third-order valence-corrected chi connectivity index (χ3v) is 4.87. The quantitative estimate of drug-likeness (QED) is 0.445. The molecule has 2 N–H and O–H groups in total. The molecule has 0 aliphatic carbocycles. The number of aryl methyl sites for hydroxylation is 1. The molecule has 0 bridgehead atoms. The summed E-state index contributed by atoms with van der Waals surface area (Å²) in [6.07, 6.45) is 1.68. The van der Waals surface area contributed by atoms with Gasteiger partial charge in [-0.15, -0.1) is 11.8 Å². The van der Waals surface area contributed by atoms with Crippen LogP contribution in [0.2, 0.25) is 0 Å². The first-order valence-corrected chi connectivity index (χ1v) is 9.79. The summed E-state index contributed by atoms with van der Waals surface area (Å²) in [7, 11) is 0. The van der Waals surface area contributed by atoms with Crippen LogP contribution in [0.1, 0.15) is 19.2 Å². The summed E-state index contributed by atoms with van der Waals surface area (Å²) in [5.41, 5.74) is 2.04. The molecule has 0 atom stereocenters. The third kappa shape index (κ3) is 5.26. The number of amides is 1. The standard InChI is InChI=1S/C20H23N3O2S/c1-2-25-15-9-11-16(12-10-15)26-14-20(24)21-13-5-8-19-22-17-6-3-4-7-18(17)23-19/h3-4,6-7,9-12H,2,5,8,13-14H2,1H3,(H,21,24)(H,22,23). The minimum atomic E-state index is 0.0495. The maximum atomic E-state index is 12.0. The van der Waals surface area contributed by atoms with Crippen LogP contribution in [-0.4, -0.2) is 34.8 Å². The van der Waals surface area contributed by atoms with Gasteiger partial charge in [-0.05, 0) is 49.7 Å². The van der Waals surface area contributed by atoms with E-state index in [9.17, 15) is 4.79 Å². The second kappa shape index (κ2) is 9.29. The Morgan fingerprint density at radius 1 is 1.19 bits per heavy atom. The Morgan fingerprint density at radius 3 is 2.77 bits per heavy atom. The number of hydrogen-bond donors (Lipinski definition) is 2. The molecule has 0 aliphatic rings. The molecule has 0 saturated heterocycles. The van der Waals surface area contributed by atoms with Crippen LogP contribution < -0.4 is 10.1 Å². The first kappa shape index (κ1) is 18.3. The number of ether oxygens (including phenoxy) is 1. The lowest BCUT2D eigenvalue weighted by Crippen LogP contribution is -2.26. The smallest absolute Gasteiger partial charge is 0.230 e. The van der Waals surface area contributed by atoms with Gasteiger partial charge in [0.05, 0.1) is 23.4 Å². The third-order valence-electron chi connectivity index (χ3n) is 3.86. The number of carbonyl (C=O) groups is 1. The number of benzene rings is 2. The van der Waals surface area contributed by atoms with Crippen LogP contribution in [0.15, 0.2) is 53.4 Å². The fourth-order valence-corrected chi connectivity index (χ4v) is 3.33. The normalized spacial score (nSPS) is 10.8. The lowest BCUT2D eigenvalue weighted by atomic mass is 10.3. The van der Waals surface area contributed by atoms with Gasteiger partial charge in [-0.25, -0.2) is 4.98 Å². The highest BCUT2D eigenvalue weighted by molar-refractivity contribution is 8.00. The summed E-state index contributed by atoms with van der Waals surface area (Å²) < 4.78 is 5.41. The number of hydrogen-bond acceptors (Lipinski definition) is 4. The van der Waals surface area contributed by atoms with Crippen molar-refractivity contribution in [1.29, 1.82) is 0 Å². The van der Waals surface area contributed by atoms with E-state index in [1.807, 2.05) is 55.5 Å². The number of imidazole rings is 1. The summed E-state index contributed by atoms with van der Waals surface area (Å²) in [5.74, 6) is 2.28. The molecule has 0 unspecified atom stereocenters. The van der Waals surface area contributed by atoms with Gasteiger partial charge in [0, 0.05) is 17.9 Å². The summed E-state index contributed by atoms with van der Waals surface area (Å²) in [4.78, 5) is 20.9. The van der Waals surface area contributed by atoms with E-state index in [0.717, 1.165) is 40.3 Å². The van der Waals surface area contributed by atoms with Crippen molar-refractivity contribution in [3.8, 4) is 5.75 Å². The van der Waals surface area contributed by atoms with Crippen LogP contribution in [0.25, 0.3) is 11.0 Å². The maximum absolute atomic E-state index is 12.0. The van der Waals surface area contributed by atoms with Crippen molar-refractivity contribution >= 4 is 28.7 Å². The van der Waals surface area contributed by atoms with E-state index >= 15 is 0 Å². The molecule has 0 saturated carbocycles. The van der Waals surface area contributed by atoms with Gasteiger partial charge in [0.2, 0.25) is 5.91 Å². The number of fused-ring (bicyclic) bond motifs is 1. The van der Waals surface area contributed by atoms with Gasteiger partial charge in [-0.1, -0.05) is 12.1 Å². The van der Waals surface area contributed by atoms with Gasteiger partial charge in [-0.2, -0.15) is 0 Å². The van der Waals surface area contributed by atoms with E-state index in [4.69, 9.17) is 4.74 Å². The molecule has 0 spiro atoms. The largest absolute Gasteiger partial charge is 0.494 e. The number of thioether (sulfide) groups is 1. The molecule has 1 aromatic heterocycles. The number of H-pyrrole nitrogens is 1. The molecule has 136 valence electrons.